The third-order valence-electron chi connectivity index (χ3n) is 2.71. The Morgan fingerprint density at radius 1 is 1.44 bits per heavy atom. The monoisotopic (exact) mass is 246 g/mol. The largest absolute Gasteiger partial charge is 0.384 e. The van der Waals surface area contributed by atoms with Gasteiger partial charge in [0.2, 0.25) is 5.91 Å². The molecule has 4 nitrogen and oxygen atoms in total. The summed E-state index contributed by atoms with van der Waals surface area (Å²) in [6.07, 6.45) is 0. The van der Waals surface area contributed by atoms with Crippen molar-refractivity contribution in [1.82, 2.24) is 4.98 Å². The zero-order valence-corrected chi connectivity index (χ0v) is 10.9. The summed E-state index contributed by atoms with van der Waals surface area (Å²) in [5.74, 6) is 5.86. The van der Waals surface area contributed by atoms with Crippen molar-refractivity contribution in [3.05, 3.63) is 23.9 Å². The maximum Gasteiger partial charge on any atom is 0.228 e. The number of carbonyl (C=O) groups is 1. The van der Waals surface area contributed by atoms with Gasteiger partial charge in [-0.2, -0.15) is 0 Å². The van der Waals surface area contributed by atoms with E-state index in [4.69, 9.17) is 5.11 Å². The number of aliphatic hydroxyl groups is 1. The van der Waals surface area contributed by atoms with Gasteiger partial charge >= 0.3 is 0 Å². The molecular formula is C14H18N2O2. The number of pyridine rings is 1. The van der Waals surface area contributed by atoms with Gasteiger partial charge in [-0.25, -0.2) is 4.98 Å². The molecule has 4 heteroatoms. The van der Waals surface area contributed by atoms with Crippen LogP contribution in [0.25, 0.3) is 0 Å². The SMILES string of the molecule is CC(C)C(C)C(=O)Nc1cccc(C#CCO)n1. The molecule has 1 unspecified atom stereocenters. The van der Waals surface area contributed by atoms with Crippen LogP contribution in [0.4, 0.5) is 5.82 Å². The van der Waals surface area contributed by atoms with Gasteiger partial charge in [-0.1, -0.05) is 32.8 Å². The molecule has 0 saturated heterocycles. The predicted molar refractivity (Wildman–Crippen MR) is 70.8 cm³/mol. The number of nitrogens with one attached hydrogen (secondary N) is 1. The van der Waals surface area contributed by atoms with Gasteiger partial charge in [-0.05, 0) is 24.0 Å². The molecular weight excluding hydrogens is 228 g/mol. The molecule has 0 aromatic carbocycles. The molecule has 1 atom stereocenters. The van der Waals surface area contributed by atoms with Crippen molar-refractivity contribution in [3.63, 3.8) is 0 Å². The van der Waals surface area contributed by atoms with Crippen LogP contribution in [0.1, 0.15) is 26.5 Å². The number of amides is 1. The molecule has 0 aliphatic heterocycles. The van der Waals surface area contributed by atoms with E-state index in [2.05, 4.69) is 22.1 Å². The lowest BCUT2D eigenvalue weighted by Gasteiger charge is -2.14. The van der Waals surface area contributed by atoms with Crippen molar-refractivity contribution in [3.8, 4) is 11.8 Å². The first-order valence-corrected chi connectivity index (χ1v) is 5.92. The highest BCUT2D eigenvalue weighted by molar-refractivity contribution is 5.91. The molecule has 0 aliphatic rings. The Balaban J connectivity index is 2.76. The lowest BCUT2D eigenvalue weighted by molar-refractivity contribution is -0.120. The third-order valence-corrected chi connectivity index (χ3v) is 2.71. The maximum absolute atomic E-state index is 11.9. The minimum absolute atomic E-state index is 0.0511. The Morgan fingerprint density at radius 3 is 2.78 bits per heavy atom. The summed E-state index contributed by atoms with van der Waals surface area (Å²) in [5, 5.41) is 11.4. The molecule has 96 valence electrons. The number of aliphatic hydroxyl groups excluding tert-OH is 1. The van der Waals surface area contributed by atoms with Crippen LogP contribution in [0.5, 0.6) is 0 Å². The Morgan fingerprint density at radius 2 is 2.17 bits per heavy atom. The van der Waals surface area contributed by atoms with Crippen molar-refractivity contribution in [1.29, 1.82) is 0 Å². The van der Waals surface area contributed by atoms with Crippen molar-refractivity contribution >= 4 is 11.7 Å². The molecule has 2 N–H and O–H groups in total. The molecule has 0 spiro atoms. The van der Waals surface area contributed by atoms with E-state index >= 15 is 0 Å². The van der Waals surface area contributed by atoms with Gasteiger partial charge in [0.15, 0.2) is 0 Å². The number of rotatable bonds is 3. The normalized spacial score (nSPS) is 11.6. The minimum atomic E-state index is -0.206. The average molecular weight is 246 g/mol. The second-order valence-electron chi connectivity index (χ2n) is 4.39. The minimum Gasteiger partial charge on any atom is -0.384 e. The Bertz CT molecular complexity index is 472. The lowest BCUT2D eigenvalue weighted by Crippen LogP contribution is -2.24. The van der Waals surface area contributed by atoms with Gasteiger partial charge in [0.25, 0.3) is 0 Å². The molecule has 1 heterocycles. The fraction of sp³-hybridized carbons (Fsp3) is 0.429. The van der Waals surface area contributed by atoms with Crippen molar-refractivity contribution in [2.45, 2.75) is 20.8 Å². The number of aromatic nitrogens is 1. The first-order chi connectivity index (χ1) is 8.54. The molecule has 1 aromatic heterocycles. The van der Waals surface area contributed by atoms with Crippen LogP contribution in [-0.2, 0) is 4.79 Å². The van der Waals surface area contributed by atoms with Crippen molar-refractivity contribution in [2.24, 2.45) is 11.8 Å². The summed E-state index contributed by atoms with van der Waals surface area (Å²) in [5.41, 5.74) is 0.527. The van der Waals surface area contributed by atoms with Gasteiger partial charge in [0.05, 0.1) is 0 Å². The summed E-state index contributed by atoms with van der Waals surface area (Å²) < 4.78 is 0. The predicted octanol–water partition coefficient (Wildman–Crippen LogP) is 1.66. The Labute approximate surface area is 107 Å². The topological polar surface area (TPSA) is 62.2 Å². The van der Waals surface area contributed by atoms with Gasteiger partial charge in [0.1, 0.15) is 18.1 Å². The van der Waals surface area contributed by atoms with Crippen LogP contribution in [0.3, 0.4) is 0 Å². The van der Waals surface area contributed by atoms with E-state index in [-0.39, 0.29) is 24.3 Å². The van der Waals surface area contributed by atoms with E-state index in [1.807, 2.05) is 20.8 Å². The van der Waals surface area contributed by atoms with Crippen LogP contribution < -0.4 is 5.32 Å². The maximum atomic E-state index is 11.9. The van der Waals surface area contributed by atoms with E-state index in [1.165, 1.54) is 0 Å². The van der Waals surface area contributed by atoms with Crippen molar-refractivity contribution in [2.75, 3.05) is 11.9 Å². The summed E-state index contributed by atoms with van der Waals surface area (Å²) in [6.45, 7) is 5.68. The average Bonchev–Trinajstić information content (AvgIpc) is 2.35. The van der Waals surface area contributed by atoms with Crippen LogP contribution in [0, 0.1) is 23.7 Å². The molecule has 1 amide bonds. The van der Waals surface area contributed by atoms with E-state index < -0.39 is 0 Å². The lowest BCUT2D eigenvalue weighted by atomic mass is 9.97. The third kappa shape index (κ3) is 4.19. The van der Waals surface area contributed by atoms with E-state index in [9.17, 15) is 4.79 Å². The van der Waals surface area contributed by atoms with Crippen LogP contribution in [0.15, 0.2) is 18.2 Å². The molecule has 0 saturated carbocycles. The smallest absolute Gasteiger partial charge is 0.228 e. The summed E-state index contributed by atoms with van der Waals surface area (Å²) in [6, 6.07) is 5.21. The molecule has 0 fully saturated rings. The summed E-state index contributed by atoms with van der Waals surface area (Å²) in [4.78, 5) is 16.0. The van der Waals surface area contributed by atoms with Crippen LogP contribution >= 0.6 is 0 Å². The fourth-order valence-corrected chi connectivity index (χ4v) is 1.25. The molecule has 0 radical (unpaired) electrons. The van der Waals surface area contributed by atoms with Gasteiger partial charge in [0, 0.05) is 5.92 Å². The second-order valence-corrected chi connectivity index (χ2v) is 4.39. The van der Waals surface area contributed by atoms with E-state index in [0.717, 1.165) is 0 Å². The van der Waals surface area contributed by atoms with Crippen LogP contribution in [0.2, 0.25) is 0 Å². The second kappa shape index (κ2) is 6.77. The first kappa shape index (κ1) is 14.2. The zero-order chi connectivity index (χ0) is 13.5. The Kier molecular flexibility index (Phi) is 5.34. The molecule has 1 aromatic rings. The molecule has 0 bridgehead atoms. The van der Waals surface area contributed by atoms with Crippen molar-refractivity contribution < 1.29 is 9.90 Å². The quantitative estimate of drug-likeness (QED) is 0.797. The molecule has 1 rings (SSSR count). The standard InChI is InChI=1S/C14H18N2O2/c1-10(2)11(3)14(18)16-13-8-4-6-12(15-13)7-5-9-17/h4,6,8,10-11,17H,9H2,1-3H3,(H,15,16,18). The summed E-state index contributed by atoms with van der Waals surface area (Å²) >= 11 is 0. The number of hydrogen-bond acceptors (Lipinski definition) is 3. The van der Waals surface area contributed by atoms with Gasteiger partial charge in [-0.3, -0.25) is 4.79 Å². The zero-order valence-electron chi connectivity index (χ0n) is 10.9. The number of hydrogen-bond donors (Lipinski definition) is 2. The van der Waals surface area contributed by atoms with Gasteiger partial charge < -0.3 is 10.4 Å². The van der Waals surface area contributed by atoms with E-state index in [1.54, 1.807) is 18.2 Å². The highest BCUT2D eigenvalue weighted by Gasteiger charge is 2.16. The summed E-state index contributed by atoms with van der Waals surface area (Å²) in [7, 11) is 0. The number of carbonyl (C=O) groups excluding carboxylic acids is 1. The number of nitrogens with zero attached hydrogens (tertiary/aromatic N) is 1. The Hall–Kier alpha value is -1.86. The van der Waals surface area contributed by atoms with E-state index in [0.29, 0.717) is 11.5 Å². The number of anilines is 1. The molecule has 18 heavy (non-hydrogen) atoms. The fourth-order valence-electron chi connectivity index (χ4n) is 1.25. The highest BCUT2D eigenvalue weighted by atomic mass is 16.2. The van der Waals surface area contributed by atoms with Gasteiger partial charge in [-0.15, -0.1) is 0 Å². The highest BCUT2D eigenvalue weighted by Crippen LogP contribution is 2.13. The molecule has 0 aliphatic carbocycles. The first-order valence-electron chi connectivity index (χ1n) is 5.92. The van der Waals surface area contributed by atoms with Crippen LogP contribution in [-0.4, -0.2) is 22.6 Å².